The van der Waals surface area contributed by atoms with Gasteiger partial charge in [0.2, 0.25) is 0 Å². The Kier molecular flexibility index (Phi) is 6.18. The maximum Gasteiger partial charge on any atom is 0.164 e. The first kappa shape index (κ1) is 28.7. The lowest BCUT2D eigenvalue weighted by Gasteiger charge is -2.10. The molecule has 8 aromatic carbocycles. The van der Waals surface area contributed by atoms with Gasteiger partial charge in [0.25, 0.3) is 0 Å². The molecule has 0 aliphatic heterocycles. The summed E-state index contributed by atoms with van der Waals surface area (Å²) >= 11 is 0. The molecule has 3 heterocycles. The summed E-state index contributed by atoms with van der Waals surface area (Å²) in [6.07, 6.45) is 1.60. The molecule has 11 rings (SSSR count). The van der Waals surface area contributed by atoms with Crippen LogP contribution in [0.5, 0.6) is 0 Å². The first-order valence-electron chi connectivity index (χ1n) is 17.4. The minimum Gasteiger partial charge on any atom is -0.456 e. The van der Waals surface area contributed by atoms with Crippen molar-refractivity contribution in [3.63, 3.8) is 0 Å². The molecule has 0 amide bonds. The van der Waals surface area contributed by atoms with Crippen molar-refractivity contribution in [2.75, 3.05) is 0 Å². The van der Waals surface area contributed by atoms with Crippen LogP contribution in [0, 0.1) is 0 Å². The summed E-state index contributed by atoms with van der Waals surface area (Å²) in [6, 6.07) is 57.7. The number of aromatic nitrogens is 4. The Morgan fingerprint density at radius 1 is 0.442 bits per heavy atom. The van der Waals surface area contributed by atoms with Gasteiger partial charge in [0.15, 0.2) is 11.6 Å². The van der Waals surface area contributed by atoms with E-state index < -0.39 is 0 Å². The molecule has 3 aromatic heterocycles. The van der Waals surface area contributed by atoms with Crippen molar-refractivity contribution < 1.29 is 4.42 Å². The summed E-state index contributed by atoms with van der Waals surface area (Å²) in [4.78, 5) is 14.2. The average molecular weight is 665 g/mol. The average Bonchev–Trinajstić information content (AvgIpc) is 3.75. The van der Waals surface area contributed by atoms with Gasteiger partial charge in [0.05, 0.1) is 11.0 Å². The van der Waals surface area contributed by atoms with Gasteiger partial charge in [-0.1, -0.05) is 127 Å². The van der Waals surface area contributed by atoms with Gasteiger partial charge >= 0.3 is 0 Å². The number of furan rings is 1. The topological polar surface area (TPSA) is 56.7 Å². The molecule has 0 aliphatic carbocycles. The van der Waals surface area contributed by atoms with Crippen LogP contribution in [0.25, 0.3) is 105 Å². The van der Waals surface area contributed by atoms with Crippen molar-refractivity contribution in [3.8, 4) is 39.6 Å². The summed E-state index contributed by atoms with van der Waals surface area (Å²) in [5, 5.41) is 9.32. The Morgan fingerprint density at radius 2 is 1.15 bits per heavy atom. The van der Waals surface area contributed by atoms with E-state index in [-0.39, 0.29) is 0 Å². The van der Waals surface area contributed by atoms with Crippen LogP contribution in [0.4, 0.5) is 0 Å². The molecule has 5 nitrogen and oxygen atoms in total. The number of nitrogens with zero attached hydrogens (tertiary/aromatic N) is 4. The standard InChI is InChI=1S/C47H28N4O/c1-2-9-29(10-3-1)30-17-19-32(20-18-30)46-48-28-49-47(50-46)39-15-8-16-42-44(39)38-24-22-35(27-43(38)52-42)51-41-26-34-13-5-4-12-33(34)25-40(41)37-23-21-31-11-6-7-14-36(31)45(37)51/h1-28H. The van der Waals surface area contributed by atoms with Crippen molar-refractivity contribution in [2.45, 2.75) is 0 Å². The van der Waals surface area contributed by atoms with E-state index in [2.05, 4.69) is 160 Å². The van der Waals surface area contributed by atoms with E-state index in [1.807, 2.05) is 18.2 Å². The van der Waals surface area contributed by atoms with Crippen LogP contribution >= 0.6 is 0 Å². The van der Waals surface area contributed by atoms with Crippen LogP contribution in [0.2, 0.25) is 0 Å². The second-order valence-corrected chi connectivity index (χ2v) is 13.3. The Labute approximate surface area is 298 Å². The van der Waals surface area contributed by atoms with Gasteiger partial charge in [-0.15, -0.1) is 0 Å². The molecule has 242 valence electrons. The first-order chi connectivity index (χ1) is 25.8. The third-order valence-corrected chi connectivity index (χ3v) is 10.3. The molecule has 0 saturated heterocycles. The predicted molar refractivity (Wildman–Crippen MR) is 213 cm³/mol. The molecule has 0 atom stereocenters. The van der Waals surface area contributed by atoms with E-state index in [1.54, 1.807) is 6.33 Å². The first-order valence-corrected chi connectivity index (χ1v) is 17.4. The van der Waals surface area contributed by atoms with E-state index >= 15 is 0 Å². The number of hydrogen-bond donors (Lipinski definition) is 0. The minimum absolute atomic E-state index is 0.607. The van der Waals surface area contributed by atoms with E-state index in [0.29, 0.717) is 11.6 Å². The zero-order valence-electron chi connectivity index (χ0n) is 27.9. The molecule has 11 aromatic rings. The lowest BCUT2D eigenvalue weighted by atomic mass is 10.0. The van der Waals surface area contributed by atoms with Crippen LogP contribution in [0.1, 0.15) is 0 Å². The van der Waals surface area contributed by atoms with Crippen LogP contribution in [-0.2, 0) is 0 Å². The van der Waals surface area contributed by atoms with Gasteiger partial charge in [0, 0.05) is 49.8 Å². The molecule has 0 bridgehead atoms. The van der Waals surface area contributed by atoms with E-state index in [9.17, 15) is 0 Å². The lowest BCUT2D eigenvalue weighted by Crippen LogP contribution is -1.96. The van der Waals surface area contributed by atoms with Crippen LogP contribution in [0.3, 0.4) is 0 Å². The quantitative estimate of drug-likeness (QED) is 0.188. The number of rotatable bonds is 4. The molecular weight excluding hydrogens is 637 g/mol. The second-order valence-electron chi connectivity index (χ2n) is 13.3. The molecular formula is C47H28N4O. The fraction of sp³-hybridized carbons (Fsp3) is 0. The summed E-state index contributed by atoms with van der Waals surface area (Å²) in [7, 11) is 0. The Bertz CT molecular complexity index is 3180. The van der Waals surface area contributed by atoms with Crippen molar-refractivity contribution in [1.29, 1.82) is 0 Å². The molecule has 0 fully saturated rings. The summed E-state index contributed by atoms with van der Waals surface area (Å²) in [5.74, 6) is 1.23. The summed E-state index contributed by atoms with van der Waals surface area (Å²) in [6.45, 7) is 0. The molecule has 5 heteroatoms. The molecule has 0 spiro atoms. The van der Waals surface area contributed by atoms with Gasteiger partial charge in [-0.2, -0.15) is 0 Å². The third kappa shape index (κ3) is 4.39. The molecule has 0 unspecified atom stereocenters. The third-order valence-electron chi connectivity index (χ3n) is 10.3. The predicted octanol–water partition coefficient (Wildman–Crippen LogP) is 12.2. The number of hydrogen-bond acceptors (Lipinski definition) is 4. The van der Waals surface area contributed by atoms with Gasteiger partial charge in [-0.25, -0.2) is 15.0 Å². The zero-order valence-corrected chi connectivity index (χ0v) is 27.9. The van der Waals surface area contributed by atoms with Gasteiger partial charge in [0.1, 0.15) is 17.5 Å². The van der Waals surface area contributed by atoms with Crippen LogP contribution in [0.15, 0.2) is 175 Å². The Balaban J connectivity index is 1.07. The Morgan fingerprint density at radius 3 is 2.02 bits per heavy atom. The summed E-state index contributed by atoms with van der Waals surface area (Å²) in [5.41, 5.74) is 9.15. The SMILES string of the molecule is c1ccc(-c2ccc(-c3ncnc(-c4cccc5oc6cc(-n7c8cc9ccccc9cc8c8ccc9ccccc9c87)ccc6c45)n3)cc2)cc1. The van der Waals surface area contributed by atoms with E-state index in [1.165, 1.54) is 43.4 Å². The van der Waals surface area contributed by atoms with Crippen molar-refractivity contribution >= 4 is 65.3 Å². The largest absolute Gasteiger partial charge is 0.456 e. The molecule has 0 saturated carbocycles. The fourth-order valence-corrected chi connectivity index (χ4v) is 7.88. The monoisotopic (exact) mass is 664 g/mol. The van der Waals surface area contributed by atoms with Crippen LogP contribution in [-0.4, -0.2) is 19.5 Å². The molecule has 52 heavy (non-hydrogen) atoms. The number of fused-ring (bicyclic) bond motifs is 9. The van der Waals surface area contributed by atoms with E-state index in [4.69, 9.17) is 9.40 Å². The molecule has 0 radical (unpaired) electrons. The highest BCUT2D eigenvalue weighted by molar-refractivity contribution is 6.21. The smallest absolute Gasteiger partial charge is 0.164 e. The molecule has 0 N–H and O–H groups in total. The second kappa shape index (κ2) is 11.2. The fourth-order valence-electron chi connectivity index (χ4n) is 7.88. The van der Waals surface area contributed by atoms with Gasteiger partial charge in [-0.05, 0) is 57.6 Å². The summed E-state index contributed by atoms with van der Waals surface area (Å²) < 4.78 is 9.02. The van der Waals surface area contributed by atoms with Crippen molar-refractivity contribution in [1.82, 2.24) is 19.5 Å². The highest BCUT2D eigenvalue weighted by atomic mass is 16.3. The molecule has 0 aliphatic rings. The minimum atomic E-state index is 0.607. The maximum atomic E-state index is 6.62. The maximum absolute atomic E-state index is 6.62. The normalized spacial score (nSPS) is 11.8. The highest BCUT2D eigenvalue weighted by Crippen LogP contribution is 2.41. The van der Waals surface area contributed by atoms with Crippen molar-refractivity contribution in [3.05, 3.63) is 170 Å². The number of benzene rings is 8. The Hall–Kier alpha value is -7.11. The highest BCUT2D eigenvalue weighted by Gasteiger charge is 2.19. The van der Waals surface area contributed by atoms with E-state index in [0.717, 1.165) is 49.8 Å². The zero-order chi connectivity index (χ0) is 34.2. The van der Waals surface area contributed by atoms with Crippen LogP contribution < -0.4 is 0 Å². The van der Waals surface area contributed by atoms with Crippen molar-refractivity contribution in [2.24, 2.45) is 0 Å². The lowest BCUT2D eigenvalue weighted by molar-refractivity contribution is 0.668. The van der Waals surface area contributed by atoms with Gasteiger partial charge < -0.3 is 8.98 Å². The van der Waals surface area contributed by atoms with Gasteiger partial charge in [-0.3, -0.25) is 0 Å².